The molecule has 1 fully saturated rings. The van der Waals surface area contributed by atoms with Crippen LogP contribution in [0, 0.1) is 0 Å². The van der Waals surface area contributed by atoms with E-state index in [0.29, 0.717) is 19.3 Å². The summed E-state index contributed by atoms with van der Waals surface area (Å²) >= 11 is 0. The van der Waals surface area contributed by atoms with E-state index < -0.39 is 18.1 Å². The van der Waals surface area contributed by atoms with Gasteiger partial charge < -0.3 is 10.5 Å². The minimum atomic E-state index is -0.990. The molecule has 0 bridgehead atoms. The summed E-state index contributed by atoms with van der Waals surface area (Å²) in [5, 5.41) is 0. The molecule has 6 heteroatoms. The highest BCUT2D eigenvalue weighted by atomic mass is 16.5. The fourth-order valence-corrected chi connectivity index (χ4v) is 1.72. The molecule has 16 heavy (non-hydrogen) atoms. The molecule has 0 unspecified atom stereocenters. The summed E-state index contributed by atoms with van der Waals surface area (Å²) in [5.74, 6) is -1.18. The summed E-state index contributed by atoms with van der Waals surface area (Å²) in [6.07, 6.45) is 1.21. The van der Waals surface area contributed by atoms with Crippen LogP contribution in [0.4, 0.5) is 0 Å². The fourth-order valence-electron chi connectivity index (χ4n) is 1.72. The van der Waals surface area contributed by atoms with Crippen LogP contribution in [0.1, 0.15) is 26.2 Å². The van der Waals surface area contributed by atoms with Gasteiger partial charge in [0.25, 0.3) is 0 Å². The Bertz CT molecular complexity index is 300. The number of nitrogens with two attached hydrogens (primary N) is 1. The van der Waals surface area contributed by atoms with Gasteiger partial charge in [0.05, 0.1) is 13.2 Å². The van der Waals surface area contributed by atoms with Gasteiger partial charge in [-0.2, -0.15) is 0 Å². The van der Waals surface area contributed by atoms with Crippen LogP contribution in [0.5, 0.6) is 0 Å². The second kappa shape index (κ2) is 5.07. The van der Waals surface area contributed by atoms with Crippen LogP contribution < -0.4 is 5.73 Å². The van der Waals surface area contributed by atoms with Gasteiger partial charge in [0.15, 0.2) is 0 Å². The molecule has 0 aromatic heterocycles. The molecule has 0 saturated carbocycles. The zero-order valence-electron chi connectivity index (χ0n) is 9.43. The molecule has 2 amide bonds. The van der Waals surface area contributed by atoms with Gasteiger partial charge >= 0.3 is 5.97 Å². The van der Waals surface area contributed by atoms with Gasteiger partial charge in [-0.1, -0.05) is 0 Å². The molecule has 0 aliphatic carbocycles. The zero-order valence-corrected chi connectivity index (χ0v) is 9.43. The molecule has 2 atom stereocenters. The van der Waals surface area contributed by atoms with Gasteiger partial charge in [0.2, 0.25) is 11.8 Å². The van der Waals surface area contributed by atoms with Gasteiger partial charge in [0.1, 0.15) is 6.04 Å². The smallest absolute Gasteiger partial charge is 0.324 e. The largest absolute Gasteiger partial charge is 0.468 e. The highest BCUT2D eigenvalue weighted by Crippen LogP contribution is 2.16. The van der Waals surface area contributed by atoms with Gasteiger partial charge in [-0.15, -0.1) is 0 Å². The predicted molar refractivity (Wildman–Crippen MR) is 55.2 cm³/mol. The molecule has 0 aromatic carbocycles. The van der Waals surface area contributed by atoms with Crippen LogP contribution in [0.2, 0.25) is 0 Å². The summed E-state index contributed by atoms with van der Waals surface area (Å²) in [4.78, 5) is 35.4. The Kier molecular flexibility index (Phi) is 4.00. The number of methoxy groups -OCH3 is 1. The van der Waals surface area contributed by atoms with E-state index in [1.54, 1.807) is 6.92 Å². The Labute approximate surface area is 93.7 Å². The second-order valence-corrected chi connectivity index (χ2v) is 3.80. The first kappa shape index (κ1) is 12.6. The van der Waals surface area contributed by atoms with E-state index in [1.807, 2.05) is 0 Å². The van der Waals surface area contributed by atoms with Crippen molar-refractivity contribution in [2.45, 2.75) is 38.3 Å². The predicted octanol–water partition coefficient (Wildman–Crippen LogP) is -0.586. The number of likely N-dealkylation sites (tertiary alicyclic amines) is 1. The zero-order chi connectivity index (χ0) is 12.3. The minimum Gasteiger partial charge on any atom is -0.468 e. The first-order chi connectivity index (χ1) is 7.49. The number of hydrogen-bond acceptors (Lipinski definition) is 5. The number of imide groups is 1. The Morgan fingerprint density at radius 3 is 2.31 bits per heavy atom. The highest BCUT2D eigenvalue weighted by Gasteiger charge is 2.35. The van der Waals surface area contributed by atoms with E-state index in [4.69, 9.17) is 5.73 Å². The molecule has 1 aliphatic rings. The van der Waals surface area contributed by atoms with Gasteiger partial charge in [0, 0.05) is 12.8 Å². The Balaban J connectivity index is 2.78. The molecule has 0 spiro atoms. The molecule has 0 radical (unpaired) electrons. The van der Waals surface area contributed by atoms with Gasteiger partial charge in [-0.3, -0.25) is 19.3 Å². The second-order valence-electron chi connectivity index (χ2n) is 3.80. The van der Waals surface area contributed by atoms with E-state index >= 15 is 0 Å². The quantitative estimate of drug-likeness (QED) is 0.515. The number of carbonyl (C=O) groups excluding carboxylic acids is 3. The molecule has 1 aliphatic heterocycles. The number of nitrogens with zero attached hydrogens (tertiary/aromatic N) is 1. The molecule has 1 rings (SSSR count). The number of esters is 1. The summed E-state index contributed by atoms with van der Waals surface area (Å²) in [6.45, 7) is 1.57. The van der Waals surface area contributed by atoms with Crippen molar-refractivity contribution in [1.29, 1.82) is 0 Å². The molecule has 6 nitrogen and oxygen atoms in total. The van der Waals surface area contributed by atoms with Crippen molar-refractivity contribution in [1.82, 2.24) is 4.90 Å². The maximum Gasteiger partial charge on any atom is 0.324 e. The number of ether oxygens (including phenoxy) is 1. The van der Waals surface area contributed by atoms with Gasteiger partial charge in [-0.25, -0.2) is 0 Å². The molecule has 0 aromatic rings. The normalized spacial score (nSPS) is 20.6. The van der Waals surface area contributed by atoms with Crippen molar-refractivity contribution in [3.63, 3.8) is 0 Å². The van der Waals surface area contributed by atoms with Crippen molar-refractivity contribution < 1.29 is 19.1 Å². The van der Waals surface area contributed by atoms with Crippen molar-refractivity contribution in [3.05, 3.63) is 0 Å². The topological polar surface area (TPSA) is 89.7 Å². The lowest BCUT2D eigenvalue weighted by atomic mass is 10.0. The lowest BCUT2D eigenvalue weighted by Crippen LogP contribution is -2.56. The molecular formula is C10H16N2O4. The van der Waals surface area contributed by atoms with Crippen LogP contribution in [0.15, 0.2) is 0 Å². The molecular weight excluding hydrogens is 212 g/mol. The molecule has 1 heterocycles. The molecule has 90 valence electrons. The average Bonchev–Trinajstić information content (AvgIpc) is 2.26. The number of rotatable bonds is 3. The van der Waals surface area contributed by atoms with E-state index in [1.165, 1.54) is 7.11 Å². The van der Waals surface area contributed by atoms with Crippen molar-refractivity contribution in [2.75, 3.05) is 7.11 Å². The number of carbonyl (C=O) groups is 3. The summed E-state index contributed by atoms with van der Waals surface area (Å²) in [6, 6.07) is -1.65. The van der Waals surface area contributed by atoms with Crippen molar-refractivity contribution >= 4 is 17.8 Å². The highest BCUT2D eigenvalue weighted by molar-refractivity contribution is 5.98. The van der Waals surface area contributed by atoms with E-state index in [9.17, 15) is 14.4 Å². The first-order valence-corrected chi connectivity index (χ1v) is 5.17. The first-order valence-electron chi connectivity index (χ1n) is 5.17. The Hall–Kier alpha value is -1.43. The summed E-state index contributed by atoms with van der Waals surface area (Å²) in [7, 11) is 1.22. The summed E-state index contributed by atoms with van der Waals surface area (Å²) in [5.41, 5.74) is 5.61. The van der Waals surface area contributed by atoms with Crippen LogP contribution in [0.3, 0.4) is 0 Å². The summed E-state index contributed by atoms with van der Waals surface area (Å²) < 4.78 is 4.48. The number of piperidine rings is 1. The van der Waals surface area contributed by atoms with Crippen LogP contribution in [0.25, 0.3) is 0 Å². The van der Waals surface area contributed by atoms with Crippen LogP contribution in [-0.4, -0.2) is 41.9 Å². The van der Waals surface area contributed by atoms with E-state index in [0.717, 1.165) is 4.90 Å². The van der Waals surface area contributed by atoms with Crippen molar-refractivity contribution in [2.24, 2.45) is 5.73 Å². The van der Waals surface area contributed by atoms with Crippen LogP contribution >= 0.6 is 0 Å². The molecule has 2 N–H and O–H groups in total. The third kappa shape index (κ3) is 2.38. The lowest BCUT2D eigenvalue weighted by molar-refractivity contribution is -0.153. The van der Waals surface area contributed by atoms with Crippen LogP contribution in [-0.2, 0) is 19.1 Å². The third-order valence-corrected chi connectivity index (χ3v) is 2.72. The SMILES string of the molecule is COC(=O)[C@@H](N)[C@H](C)N1C(=O)CCCC1=O. The molecule has 1 saturated heterocycles. The van der Waals surface area contributed by atoms with E-state index in [2.05, 4.69) is 4.74 Å². The fraction of sp³-hybridized carbons (Fsp3) is 0.700. The lowest BCUT2D eigenvalue weighted by Gasteiger charge is -2.32. The Morgan fingerprint density at radius 2 is 1.88 bits per heavy atom. The van der Waals surface area contributed by atoms with E-state index in [-0.39, 0.29) is 11.8 Å². The third-order valence-electron chi connectivity index (χ3n) is 2.72. The maximum absolute atomic E-state index is 11.6. The van der Waals surface area contributed by atoms with Gasteiger partial charge in [-0.05, 0) is 13.3 Å². The average molecular weight is 228 g/mol. The van der Waals surface area contributed by atoms with Crippen molar-refractivity contribution in [3.8, 4) is 0 Å². The monoisotopic (exact) mass is 228 g/mol. The maximum atomic E-state index is 11.6. The standard InChI is InChI=1S/C10H16N2O4/c1-6(9(11)10(15)16-2)12-7(13)4-3-5-8(12)14/h6,9H,3-5,11H2,1-2H3/t6-,9-/m0/s1. The minimum absolute atomic E-state index is 0.275. The number of amides is 2. The Morgan fingerprint density at radius 1 is 1.38 bits per heavy atom. The number of hydrogen-bond donors (Lipinski definition) is 1.